The molecule has 1 aromatic carbocycles. The molecule has 0 aliphatic heterocycles. The molecule has 0 fully saturated rings. The first-order chi connectivity index (χ1) is 8.95. The molecule has 1 aromatic rings. The number of hydrogen-bond donors (Lipinski definition) is 2. The van der Waals surface area contributed by atoms with Crippen molar-refractivity contribution in [3.8, 4) is 0 Å². The quantitative estimate of drug-likeness (QED) is 0.362. The van der Waals surface area contributed by atoms with E-state index >= 15 is 0 Å². The lowest BCUT2D eigenvalue weighted by atomic mass is 10.1. The van der Waals surface area contributed by atoms with Gasteiger partial charge >= 0.3 is 0 Å². The smallest absolute Gasteiger partial charge is 0.172 e. The highest BCUT2D eigenvalue weighted by Crippen LogP contribution is 2.24. The fourth-order valence-corrected chi connectivity index (χ4v) is 2.21. The maximum atomic E-state index is 8.86. The number of oxime groups is 1. The van der Waals surface area contributed by atoms with Gasteiger partial charge in [0.25, 0.3) is 0 Å². The monoisotopic (exact) mass is 328 g/mol. The van der Waals surface area contributed by atoms with Gasteiger partial charge in [0.1, 0.15) is 0 Å². The lowest BCUT2D eigenvalue weighted by Gasteiger charge is -2.23. The maximum absolute atomic E-state index is 8.86. The summed E-state index contributed by atoms with van der Waals surface area (Å²) >= 11 is 3.40. The first-order valence-corrected chi connectivity index (χ1v) is 6.88. The molecule has 0 aliphatic rings. The Balaban J connectivity index is 2.87. The van der Waals surface area contributed by atoms with Crippen molar-refractivity contribution < 1.29 is 5.21 Å². The Hall–Kier alpha value is -1.27. The summed E-state index contributed by atoms with van der Waals surface area (Å²) in [6.45, 7) is 1.94. The molecule has 1 rings (SSSR count). The van der Waals surface area contributed by atoms with Crippen LogP contribution in [-0.2, 0) is 0 Å². The molecule has 19 heavy (non-hydrogen) atoms. The number of rotatable bonds is 6. The van der Waals surface area contributed by atoms with E-state index in [0.29, 0.717) is 0 Å². The third kappa shape index (κ3) is 4.72. The molecular weight excluding hydrogens is 308 g/mol. The van der Waals surface area contributed by atoms with Crippen molar-refractivity contribution in [1.82, 2.24) is 4.90 Å². The predicted molar refractivity (Wildman–Crippen MR) is 83.1 cm³/mol. The Morgan fingerprint density at radius 3 is 2.58 bits per heavy atom. The van der Waals surface area contributed by atoms with Gasteiger partial charge in [0.15, 0.2) is 5.84 Å². The van der Waals surface area contributed by atoms with Crippen LogP contribution in [0.5, 0.6) is 0 Å². The minimum Gasteiger partial charge on any atom is -0.409 e. The predicted octanol–water partition coefficient (Wildman–Crippen LogP) is 1.93. The minimum atomic E-state index is 0.121. The van der Waals surface area contributed by atoms with Gasteiger partial charge < -0.3 is 20.7 Å². The van der Waals surface area contributed by atoms with Gasteiger partial charge in [-0.15, -0.1) is 0 Å². The molecule has 0 saturated heterocycles. The molecule has 0 radical (unpaired) electrons. The number of anilines is 1. The number of nitrogens with zero attached hydrogens (tertiary/aromatic N) is 3. The van der Waals surface area contributed by atoms with Crippen LogP contribution in [0.4, 0.5) is 5.69 Å². The summed E-state index contributed by atoms with van der Waals surface area (Å²) in [4.78, 5) is 4.27. The zero-order valence-corrected chi connectivity index (χ0v) is 13.2. The molecule has 0 atom stereocenters. The topological polar surface area (TPSA) is 65.1 Å². The number of nitrogens with two attached hydrogens (primary N) is 1. The van der Waals surface area contributed by atoms with Crippen LogP contribution in [-0.4, -0.2) is 50.2 Å². The van der Waals surface area contributed by atoms with Crippen molar-refractivity contribution in [3.63, 3.8) is 0 Å². The van der Waals surface area contributed by atoms with Gasteiger partial charge in [0.2, 0.25) is 0 Å². The van der Waals surface area contributed by atoms with Crippen LogP contribution < -0.4 is 10.6 Å². The second kappa shape index (κ2) is 7.35. The first kappa shape index (κ1) is 15.8. The second-order valence-electron chi connectivity index (χ2n) is 4.73. The number of benzene rings is 1. The molecule has 0 aliphatic carbocycles. The fourth-order valence-electron chi connectivity index (χ4n) is 1.84. The second-order valence-corrected chi connectivity index (χ2v) is 5.64. The third-order valence-corrected chi connectivity index (χ3v) is 3.35. The van der Waals surface area contributed by atoms with Crippen LogP contribution in [0.3, 0.4) is 0 Å². The standard InChI is InChI=1S/C13H21BrN4O/c1-17(2)7-4-8-18(3)12-6-5-10(14)9-11(12)13(15)16-19/h5-6,9,19H,4,7-8H2,1-3H3,(H2,15,16). The number of hydrogen-bond acceptors (Lipinski definition) is 4. The van der Waals surface area contributed by atoms with Crippen LogP contribution >= 0.6 is 15.9 Å². The minimum absolute atomic E-state index is 0.121. The normalized spacial score (nSPS) is 11.9. The Bertz CT molecular complexity index is 448. The van der Waals surface area contributed by atoms with Crippen LogP contribution in [0.25, 0.3) is 0 Å². The van der Waals surface area contributed by atoms with E-state index in [0.717, 1.165) is 35.2 Å². The van der Waals surface area contributed by atoms with Crippen LogP contribution in [0.15, 0.2) is 27.8 Å². The zero-order valence-electron chi connectivity index (χ0n) is 11.6. The Kier molecular flexibility index (Phi) is 6.11. The molecular formula is C13H21BrN4O. The first-order valence-electron chi connectivity index (χ1n) is 6.09. The van der Waals surface area contributed by atoms with Gasteiger partial charge in [-0.3, -0.25) is 0 Å². The Labute approximate surface area is 122 Å². The van der Waals surface area contributed by atoms with Gasteiger partial charge in [-0.1, -0.05) is 21.1 Å². The maximum Gasteiger partial charge on any atom is 0.172 e. The van der Waals surface area contributed by atoms with E-state index < -0.39 is 0 Å². The zero-order chi connectivity index (χ0) is 14.4. The molecule has 5 nitrogen and oxygen atoms in total. The lowest BCUT2D eigenvalue weighted by molar-refractivity contribution is 0.318. The van der Waals surface area contributed by atoms with Gasteiger partial charge in [-0.05, 0) is 45.3 Å². The van der Waals surface area contributed by atoms with Gasteiger partial charge in [-0.2, -0.15) is 0 Å². The highest BCUT2D eigenvalue weighted by atomic mass is 79.9. The molecule has 0 unspecified atom stereocenters. The molecule has 6 heteroatoms. The van der Waals surface area contributed by atoms with E-state index in [9.17, 15) is 0 Å². The average molecular weight is 329 g/mol. The van der Waals surface area contributed by atoms with Crippen LogP contribution in [0, 0.1) is 0 Å². The van der Waals surface area contributed by atoms with Crippen molar-refractivity contribution in [2.24, 2.45) is 10.9 Å². The van der Waals surface area contributed by atoms with E-state index in [1.807, 2.05) is 25.2 Å². The summed E-state index contributed by atoms with van der Waals surface area (Å²) in [5.41, 5.74) is 7.40. The number of halogens is 1. The lowest BCUT2D eigenvalue weighted by Crippen LogP contribution is -2.26. The van der Waals surface area contributed by atoms with Crippen molar-refractivity contribution in [3.05, 3.63) is 28.2 Å². The highest BCUT2D eigenvalue weighted by Gasteiger charge is 2.11. The summed E-state index contributed by atoms with van der Waals surface area (Å²) in [5, 5.41) is 11.9. The Morgan fingerprint density at radius 2 is 2.00 bits per heavy atom. The SMILES string of the molecule is CN(C)CCCN(C)c1ccc(Br)cc1/C(N)=N/O. The molecule has 3 N–H and O–H groups in total. The molecule has 0 bridgehead atoms. The summed E-state index contributed by atoms with van der Waals surface area (Å²) in [6, 6.07) is 5.77. The molecule has 0 aromatic heterocycles. The molecule has 0 saturated carbocycles. The fraction of sp³-hybridized carbons (Fsp3) is 0.462. The highest BCUT2D eigenvalue weighted by molar-refractivity contribution is 9.10. The number of amidine groups is 1. The summed E-state index contributed by atoms with van der Waals surface area (Å²) in [6.07, 6.45) is 1.05. The summed E-state index contributed by atoms with van der Waals surface area (Å²) < 4.78 is 0.902. The van der Waals surface area contributed by atoms with Gasteiger partial charge in [-0.25, -0.2) is 0 Å². The van der Waals surface area contributed by atoms with E-state index in [2.05, 4.69) is 45.0 Å². The Morgan fingerprint density at radius 1 is 1.32 bits per heavy atom. The third-order valence-electron chi connectivity index (χ3n) is 2.85. The van der Waals surface area contributed by atoms with Crippen molar-refractivity contribution >= 4 is 27.5 Å². The summed E-state index contributed by atoms with van der Waals surface area (Å²) in [7, 11) is 6.12. The van der Waals surface area contributed by atoms with Crippen LogP contribution in [0.2, 0.25) is 0 Å². The van der Waals surface area contributed by atoms with Gasteiger partial charge in [0.05, 0.1) is 0 Å². The van der Waals surface area contributed by atoms with E-state index in [-0.39, 0.29) is 5.84 Å². The van der Waals surface area contributed by atoms with Gasteiger partial charge in [0, 0.05) is 29.3 Å². The molecule has 0 amide bonds. The van der Waals surface area contributed by atoms with Crippen LogP contribution in [0.1, 0.15) is 12.0 Å². The molecule has 0 spiro atoms. The molecule has 0 heterocycles. The van der Waals surface area contributed by atoms with E-state index in [4.69, 9.17) is 10.9 Å². The van der Waals surface area contributed by atoms with E-state index in [1.165, 1.54) is 0 Å². The van der Waals surface area contributed by atoms with Crippen molar-refractivity contribution in [1.29, 1.82) is 0 Å². The summed E-state index contributed by atoms with van der Waals surface area (Å²) in [5.74, 6) is 0.121. The van der Waals surface area contributed by atoms with Crippen molar-refractivity contribution in [2.75, 3.05) is 39.1 Å². The largest absolute Gasteiger partial charge is 0.409 e. The average Bonchev–Trinajstić information content (AvgIpc) is 2.37. The van der Waals surface area contributed by atoms with E-state index in [1.54, 1.807) is 0 Å². The molecule has 106 valence electrons. The van der Waals surface area contributed by atoms with Crippen molar-refractivity contribution in [2.45, 2.75) is 6.42 Å².